The zero-order chi connectivity index (χ0) is 9.26. The largest absolute Gasteiger partial charge is 0.361 e. The van der Waals surface area contributed by atoms with Crippen molar-refractivity contribution in [1.82, 2.24) is 5.16 Å². The van der Waals surface area contributed by atoms with Crippen molar-refractivity contribution in [2.75, 3.05) is 5.33 Å². The van der Waals surface area contributed by atoms with Crippen molar-refractivity contribution in [1.29, 1.82) is 0 Å². The highest BCUT2D eigenvalue weighted by Gasteiger charge is 2.27. The van der Waals surface area contributed by atoms with E-state index in [1.807, 2.05) is 0 Å². The Morgan fingerprint density at radius 1 is 1.69 bits per heavy atom. The molecule has 2 rings (SSSR count). The zero-order valence-electron chi connectivity index (χ0n) is 7.79. The van der Waals surface area contributed by atoms with Crippen molar-refractivity contribution in [2.24, 2.45) is 5.92 Å². The third-order valence-electron chi connectivity index (χ3n) is 2.38. The first-order valence-electron chi connectivity index (χ1n) is 4.81. The summed E-state index contributed by atoms with van der Waals surface area (Å²) in [7, 11) is 0. The van der Waals surface area contributed by atoms with Crippen LogP contribution >= 0.6 is 15.9 Å². The predicted molar refractivity (Wildman–Crippen MR) is 55.1 cm³/mol. The second kappa shape index (κ2) is 3.82. The molecular weight excluding hydrogens is 230 g/mol. The smallest absolute Gasteiger partial charge is 0.140 e. The van der Waals surface area contributed by atoms with Gasteiger partial charge in [-0.05, 0) is 25.2 Å². The lowest BCUT2D eigenvalue weighted by Crippen LogP contribution is -2.00. The number of halogens is 1. The van der Waals surface area contributed by atoms with Gasteiger partial charge in [-0.2, -0.15) is 0 Å². The molecule has 1 atom stereocenters. The van der Waals surface area contributed by atoms with Crippen LogP contribution in [-0.2, 0) is 6.42 Å². The monoisotopic (exact) mass is 243 g/mol. The van der Waals surface area contributed by atoms with Crippen LogP contribution in [0.3, 0.4) is 0 Å². The number of rotatable bonds is 4. The fourth-order valence-electron chi connectivity index (χ4n) is 1.40. The van der Waals surface area contributed by atoms with E-state index >= 15 is 0 Å². The molecule has 1 saturated carbocycles. The molecule has 13 heavy (non-hydrogen) atoms. The minimum atomic E-state index is 0.636. The lowest BCUT2D eigenvalue weighted by atomic mass is 10.1. The first-order chi connectivity index (χ1) is 6.29. The minimum absolute atomic E-state index is 0.636. The SMILES string of the molecule is CC(CBr)Cc1cc(C2CC2)on1. The molecule has 1 aromatic heterocycles. The maximum absolute atomic E-state index is 5.27. The average Bonchev–Trinajstić information content (AvgIpc) is 2.88. The van der Waals surface area contributed by atoms with Gasteiger partial charge in [0.1, 0.15) is 5.76 Å². The highest BCUT2D eigenvalue weighted by molar-refractivity contribution is 9.09. The molecule has 0 bridgehead atoms. The van der Waals surface area contributed by atoms with E-state index in [1.165, 1.54) is 12.8 Å². The van der Waals surface area contributed by atoms with Gasteiger partial charge in [-0.25, -0.2) is 0 Å². The van der Waals surface area contributed by atoms with Crippen molar-refractivity contribution in [3.05, 3.63) is 17.5 Å². The summed E-state index contributed by atoms with van der Waals surface area (Å²) in [5.41, 5.74) is 1.11. The van der Waals surface area contributed by atoms with Crippen molar-refractivity contribution in [2.45, 2.75) is 32.1 Å². The summed E-state index contributed by atoms with van der Waals surface area (Å²) in [5.74, 6) is 2.41. The van der Waals surface area contributed by atoms with Gasteiger partial charge in [0, 0.05) is 17.3 Å². The Balaban J connectivity index is 1.96. The Kier molecular flexibility index (Phi) is 2.72. The quantitative estimate of drug-likeness (QED) is 0.760. The summed E-state index contributed by atoms with van der Waals surface area (Å²) in [6.45, 7) is 2.21. The summed E-state index contributed by atoms with van der Waals surface area (Å²) in [5, 5.41) is 5.10. The van der Waals surface area contributed by atoms with Gasteiger partial charge in [-0.15, -0.1) is 0 Å². The Morgan fingerprint density at radius 3 is 3.08 bits per heavy atom. The molecular formula is C10H14BrNO. The Morgan fingerprint density at radius 2 is 2.46 bits per heavy atom. The fraction of sp³-hybridized carbons (Fsp3) is 0.700. The van der Waals surface area contributed by atoms with Gasteiger partial charge >= 0.3 is 0 Å². The van der Waals surface area contributed by atoms with E-state index in [0.29, 0.717) is 11.8 Å². The number of aromatic nitrogens is 1. The first-order valence-corrected chi connectivity index (χ1v) is 5.93. The average molecular weight is 244 g/mol. The van der Waals surface area contributed by atoms with Crippen LogP contribution in [0, 0.1) is 5.92 Å². The Hall–Kier alpha value is -0.310. The van der Waals surface area contributed by atoms with Gasteiger partial charge < -0.3 is 4.52 Å². The van der Waals surface area contributed by atoms with Gasteiger partial charge in [0.2, 0.25) is 0 Å². The van der Waals surface area contributed by atoms with E-state index in [9.17, 15) is 0 Å². The van der Waals surface area contributed by atoms with E-state index in [1.54, 1.807) is 0 Å². The van der Waals surface area contributed by atoms with Gasteiger partial charge in [0.05, 0.1) is 5.69 Å². The lowest BCUT2D eigenvalue weighted by Gasteiger charge is -2.01. The van der Waals surface area contributed by atoms with E-state index in [4.69, 9.17) is 4.52 Å². The van der Waals surface area contributed by atoms with Crippen LogP contribution in [0.4, 0.5) is 0 Å². The molecule has 1 aliphatic rings. The third-order valence-corrected chi connectivity index (χ3v) is 3.48. The van der Waals surface area contributed by atoms with Crippen LogP contribution in [0.25, 0.3) is 0 Å². The summed E-state index contributed by atoms with van der Waals surface area (Å²) in [4.78, 5) is 0. The summed E-state index contributed by atoms with van der Waals surface area (Å²) in [6.07, 6.45) is 3.58. The van der Waals surface area contributed by atoms with E-state index in [0.717, 1.165) is 23.2 Å². The maximum atomic E-state index is 5.27. The number of hydrogen-bond acceptors (Lipinski definition) is 2. The Labute approximate surface area is 86.8 Å². The van der Waals surface area contributed by atoms with Crippen LogP contribution in [-0.4, -0.2) is 10.5 Å². The molecule has 0 aliphatic heterocycles. The molecule has 72 valence electrons. The molecule has 0 saturated heterocycles. The minimum Gasteiger partial charge on any atom is -0.361 e. The normalized spacial score (nSPS) is 18.9. The fourth-order valence-corrected chi connectivity index (χ4v) is 1.63. The molecule has 3 heteroatoms. The number of alkyl halides is 1. The van der Waals surface area contributed by atoms with E-state index in [-0.39, 0.29) is 0 Å². The van der Waals surface area contributed by atoms with E-state index < -0.39 is 0 Å². The van der Waals surface area contributed by atoms with E-state index in [2.05, 4.69) is 34.1 Å². The number of nitrogens with zero attached hydrogens (tertiary/aromatic N) is 1. The first kappa shape index (κ1) is 9.25. The zero-order valence-corrected chi connectivity index (χ0v) is 9.38. The van der Waals surface area contributed by atoms with Gasteiger partial charge in [-0.3, -0.25) is 0 Å². The molecule has 0 radical (unpaired) electrons. The highest BCUT2D eigenvalue weighted by Crippen LogP contribution is 2.40. The topological polar surface area (TPSA) is 26.0 Å². The van der Waals surface area contributed by atoms with Gasteiger partial charge in [0.25, 0.3) is 0 Å². The molecule has 1 unspecified atom stereocenters. The third kappa shape index (κ3) is 2.33. The second-order valence-corrected chi connectivity index (χ2v) is 4.61. The van der Waals surface area contributed by atoms with Crippen LogP contribution < -0.4 is 0 Å². The second-order valence-electron chi connectivity index (χ2n) is 3.96. The Bertz CT molecular complexity index is 280. The molecule has 0 aromatic carbocycles. The van der Waals surface area contributed by atoms with Crippen molar-refractivity contribution in [3.8, 4) is 0 Å². The van der Waals surface area contributed by atoms with Crippen LogP contribution in [0.1, 0.15) is 37.1 Å². The summed E-state index contributed by atoms with van der Waals surface area (Å²) >= 11 is 3.46. The molecule has 1 aromatic rings. The standard InChI is InChI=1S/C10H14BrNO/c1-7(6-11)4-9-5-10(13-12-9)8-2-3-8/h5,7-8H,2-4,6H2,1H3. The van der Waals surface area contributed by atoms with Crippen LogP contribution in [0.15, 0.2) is 10.6 Å². The van der Waals surface area contributed by atoms with Crippen molar-refractivity contribution >= 4 is 15.9 Å². The van der Waals surface area contributed by atoms with Crippen LogP contribution in [0.2, 0.25) is 0 Å². The van der Waals surface area contributed by atoms with Gasteiger partial charge in [0.15, 0.2) is 0 Å². The summed E-state index contributed by atoms with van der Waals surface area (Å²) < 4.78 is 5.27. The van der Waals surface area contributed by atoms with Crippen molar-refractivity contribution in [3.63, 3.8) is 0 Å². The molecule has 1 aliphatic carbocycles. The molecule has 0 spiro atoms. The maximum Gasteiger partial charge on any atom is 0.140 e. The molecule has 1 heterocycles. The predicted octanol–water partition coefficient (Wildman–Crippen LogP) is 3.13. The lowest BCUT2D eigenvalue weighted by molar-refractivity contribution is 0.375. The molecule has 2 nitrogen and oxygen atoms in total. The van der Waals surface area contributed by atoms with Gasteiger partial charge in [-0.1, -0.05) is 28.0 Å². The molecule has 0 N–H and O–H groups in total. The highest BCUT2D eigenvalue weighted by atomic mass is 79.9. The molecule has 0 amide bonds. The number of hydrogen-bond donors (Lipinski definition) is 0. The van der Waals surface area contributed by atoms with Crippen LogP contribution in [0.5, 0.6) is 0 Å². The molecule has 1 fully saturated rings. The summed E-state index contributed by atoms with van der Waals surface area (Å²) in [6, 6.07) is 2.12. The van der Waals surface area contributed by atoms with Crippen molar-refractivity contribution < 1.29 is 4.52 Å².